The van der Waals surface area contributed by atoms with Gasteiger partial charge in [-0.2, -0.15) is 0 Å². The molecule has 7 heteroatoms. The molecule has 0 aliphatic carbocycles. The molecule has 0 aliphatic heterocycles. The zero-order valence-corrected chi connectivity index (χ0v) is 14.3. The summed E-state index contributed by atoms with van der Waals surface area (Å²) in [5.74, 6) is 0.177. The zero-order chi connectivity index (χ0) is 17.5. The molecule has 0 fully saturated rings. The Balaban J connectivity index is 1.45. The van der Waals surface area contributed by atoms with Gasteiger partial charge in [-0.25, -0.2) is 14.1 Å². The van der Waals surface area contributed by atoms with E-state index in [-0.39, 0.29) is 5.82 Å². The molecule has 25 heavy (non-hydrogen) atoms. The normalized spacial score (nSPS) is 10.4. The molecule has 1 heterocycles. The smallest absolute Gasteiger partial charge is 0.248 e. The second kappa shape index (κ2) is 8.34. The largest absolute Gasteiger partial charge is 0.362 e. The maximum Gasteiger partial charge on any atom is 0.248 e. The minimum atomic E-state index is -0.253. The van der Waals surface area contributed by atoms with Gasteiger partial charge < -0.3 is 5.32 Å². The van der Waals surface area contributed by atoms with Crippen LogP contribution in [0.5, 0.6) is 0 Å². The van der Waals surface area contributed by atoms with Crippen molar-refractivity contribution in [3.8, 4) is 0 Å². The first-order chi connectivity index (χ1) is 12.2. The summed E-state index contributed by atoms with van der Waals surface area (Å²) in [4.78, 5) is 4.18. The lowest BCUT2D eigenvalue weighted by atomic mass is 10.1. The van der Waals surface area contributed by atoms with Crippen molar-refractivity contribution < 1.29 is 4.39 Å². The Morgan fingerprint density at radius 1 is 1.04 bits per heavy atom. The lowest BCUT2D eigenvalue weighted by molar-refractivity contribution is 0.624. The van der Waals surface area contributed by atoms with Gasteiger partial charge in [-0.05, 0) is 41.9 Å². The minimum absolute atomic E-state index is 0.253. The van der Waals surface area contributed by atoms with Crippen LogP contribution in [0.3, 0.4) is 0 Å². The molecule has 0 radical (unpaired) electrons. The molecular formula is C18H18FN5S. The molecule has 0 bridgehead atoms. The molecule has 128 valence electrons. The van der Waals surface area contributed by atoms with Crippen molar-refractivity contribution >= 4 is 23.3 Å². The lowest BCUT2D eigenvalue weighted by Crippen LogP contribution is -2.30. The maximum absolute atomic E-state index is 12.9. The predicted molar refractivity (Wildman–Crippen MR) is 99.9 cm³/mol. The van der Waals surface area contributed by atoms with Gasteiger partial charge in [-0.3, -0.25) is 5.32 Å². The average Bonchev–Trinajstić information content (AvgIpc) is 3.05. The number of halogens is 1. The van der Waals surface area contributed by atoms with E-state index in [0.29, 0.717) is 17.6 Å². The van der Waals surface area contributed by atoms with Crippen molar-refractivity contribution in [1.82, 2.24) is 20.1 Å². The molecule has 0 saturated heterocycles. The third-order valence-corrected chi connectivity index (χ3v) is 3.81. The number of aromatic nitrogens is 3. The van der Waals surface area contributed by atoms with E-state index < -0.39 is 0 Å². The molecule has 2 N–H and O–H groups in total. The van der Waals surface area contributed by atoms with Gasteiger partial charge in [0.1, 0.15) is 12.1 Å². The molecule has 0 saturated carbocycles. The molecule has 0 aliphatic rings. The maximum atomic E-state index is 12.9. The van der Waals surface area contributed by atoms with Crippen LogP contribution in [0, 0.1) is 5.82 Å². The van der Waals surface area contributed by atoms with Crippen LogP contribution in [0.15, 0.2) is 60.9 Å². The quantitative estimate of drug-likeness (QED) is 0.666. The highest BCUT2D eigenvalue weighted by molar-refractivity contribution is 7.80. The number of thiocarbonyl (C=S) groups is 1. The molecule has 3 rings (SSSR count). The number of nitrogens with one attached hydrogen (secondary N) is 2. The van der Waals surface area contributed by atoms with Crippen LogP contribution in [0.4, 0.5) is 10.3 Å². The Morgan fingerprint density at radius 2 is 1.80 bits per heavy atom. The molecule has 0 atom stereocenters. The van der Waals surface area contributed by atoms with Crippen molar-refractivity contribution in [2.24, 2.45) is 0 Å². The van der Waals surface area contributed by atoms with Crippen LogP contribution in [-0.4, -0.2) is 26.4 Å². The van der Waals surface area contributed by atoms with E-state index in [4.69, 9.17) is 12.2 Å². The topological polar surface area (TPSA) is 54.8 Å². The van der Waals surface area contributed by atoms with Gasteiger partial charge >= 0.3 is 0 Å². The van der Waals surface area contributed by atoms with Crippen LogP contribution in [0.1, 0.15) is 11.1 Å². The van der Waals surface area contributed by atoms with Gasteiger partial charge in [-0.1, -0.05) is 42.5 Å². The Bertz CT molecular complexity index is 817. The fourth-order valence-corrected chi connectivity index (χ4v) is 2.51. The van der Waals surface area contributed by atoms with Crippen molar-refractivity contribution in [2.45, 2.75) is 13.0 Å². The molecule has 0 amide bonds. The van der Waals surface area contributed by atoms with E-state index in [1.807, 2.05) is 18.2 Å². The van der Waals surface area contributed by atoms with Crippen molar-refractivity contribution in [1.29, 1.82) is 0 Å². The Kier molecular flexibility index (Phi) is 5.69. The fourth-order valence-electron chi connectivity index (χ4n) is 2.32. The highest BCUT2D eigenvalue weighted by Gasteiger charge is 2.04. The zero-order valence-electron chi connectivity index (χ0n) is 13.5. The third-order valence-electron chi connectivity index (χ3n) is 3.56. The first-order valence-electron chi connectivity index (χ1n) is 7.92. The number of hydrogen-bond acceptors (Lipinski definition) is 3. The Labute approximate surface area is 150 Å². The summed E-state index contributed by atoms with van der Waals surface area (Å²) >= 11 is 5.25. The molecule has 1 aromatic heterocycles. The standard InChI is InChI=1S/C18H18FN5S/c19-16-8-6-15(7-9-16)12-24-13-21-17(23-24)22-18(25)20-11-10-14-4-2-1-3-5-14/h1-9,13H,10-12H2,(H2,20,22,23,25). The third kappa shape index (κ3) is 5.36. The van der Waals surface area contributed by atoms with Gasteiger partial charge in [0.05, 0.1) is 6.54 Å². The summed E-state index contributed by atoms with van der Waals surface area (Å²) in [6.07, 6.45) is 2.49. The number of nitrogens with zero attached hydrogens (tertiary/aromatic N) is 3. The van der Waals surface area contributed by atoms with Crippen molar-refractivity contribution in [2.75, 3.05) is 11.9 Å². The summed E-state index contributed by atoms with van der Waals surface area (Å²) in [7, 11) is 0. The van der Waals surface area contributed by atoms with Gasteiger partial charge in [-0.15, -0.1) is 5.10 Å². The summed E-state index contributed by atoms with van der Waals surface area (Å²) < 4.78 is 14.6. The van der Waals surface area contributed by atoms with E-state index in [1.165, 1.54) is 17.7 Å². The first-order valence-corrected chi connectivity index (χ1v) is 8.32. The SMILES string of the molecule is Fc1ccc(Cn2cnc(NC(=S)NCCc3ccccc3)n2)cc1. The van der Waals surface area contributed by atoms with Crippen LogP contribution < -0.4 is 10.6 Å². The van der Waals surface area contributed by atoms with E-state index in [0.717, 1.165) is 18.5 Å². The molecule has 0 spiro atoms. The molecule has 2 aromatic carbocycles. The van der Waals surface area contributed by atoms with E-state index >= 15 is 0 Å². The van der Waals surface area contributed by atoms with Crippen LogP contribution in [0.25, 0.3) is 0 Å². The number of anilines is 1. The number of rotatable bonds is 6. The minimum Gasteiger partial charge on any atom is -0.362 e. The number of hydrogen-bond donors (Lipinski definition) is 2. The second-order valence-electron chi connectivity index (χ2n) is 5.51. The Hall–Kier alpha value is -2.80. The van der Waals surface area contributed by atoms with Gasteiger partial charge in [0.2, 0.25) is 5.95 Å². The van der Waals surface area contributed by atoms with E-state index in [2.05, 4.69) is 32.8 Å². The predicted octanol–water partition coefficient (Wildman–Crippen LogP) is 2.99. The van der Waals surface area contributed by atoms with Crippen LogP contribution in [-0.2, 0) is 13.0 Å². The average molecular weight is 355 g/mol. The lowest BCUT2D eigenvalue weighted by Gasteiger charge is -2.07. The first kappa shape index (κ1) is 17.0. The van der Waals surface area contributed by atoms with Crippen molar-refractivity contribution in [3.05, 3.63) is 77.9 Å². The monoisotopic (exact) mass is 355 g/mol. The molecule has 5 nitrogen and oxygen atoms in total. The summed E-state index contributed by atoms with van der Waals surface area (Å²) in [6.45, 7) is 1.25. The molecular weight excluding hydrogens is 337 g/mol. The summed E-state index contributed by atoms with van der Waals surface area (Å²) in [5.41, 5.74) is 2.20. The van der Waals surface area contributed by atoms with E-state index in [1.54, 1.807) is 23.1 Å². The molecule has 0 unspecified atom stereocenters. The summed E-state index contributed by atoms with van der Waals surface area (Å²) in [6, 6.07) is 16.5. The van der Waals surface area contributed by atoms with Crippen LogP contribution in [0.2, 0.25) is 0 Å². The van der Waals surface area contributed by atoms with Crippen molar-refractivity contribution in [3.63, 3.8) is 0 Å². The fraction of sp³-hybridized carbons (Fsp3) is 0.167. The van der Waals surface area contributed by atoms with Gasteiger partial charge in [0.15, 0.2) is 5.11 Å². The Morgan fingerprint density at radius 3 is 2.56 bits per heavy atom. The van der Waals surface area contributed by atoms with Crippen LogP contribution >= 0.6 is 12.2 Å². The molecule has 3 aromatic rings. The number of benzene rings is 2. The highest BCUT2D eigenvalue weighted by atomic mass is 32.1. The summed E-state index contributed by atoms with van der Waals surface area (Å²) in [5, 5.41) is 10.9. The van der Waals surface area contributed by atoms with E-state index in [9.17, 15) is 4.39 Å². The second-order valence-corrected chi connectivity index (χ2v) is 5.92. The highest BCUT2D eigenvalue weighted by Crippen LogP contribution is 2.06. The van der Waals surface area contributed by atoms with Gasteiger partial charge in [0, 0.05) is 6.54 Å². The van der Waals surface area contributed by atoms with Gasteiger partial charge in [0.25, 0.3) is 0 Å².